The fourth-order valence-corrected chi connectivity index (χ4v) is 3.32. The van der Waals surface area contributed by atoms with Gasteiger partial charge >= 0.3 is 0 Å². The minimum absolute atomic E-state index is 0.995. The highest BCUT2D eigenvalue weighted by atomic mass is 32.1. The van der Waals surface area contributed by atoms with Gasteiger partial charge in [-0.25, -0.2) is 0 Å². The van der Waals surface area contributed by atoms with Gasteiger partial charge in [0.05, 0.1) is 32.7 Å². The zero-order valence-electron chi connectivity index (χ0n) is 13.1. The number of benzene rings is 2. The molecule has 3 rings (SSSR count). The lowest BCUT2D eigenvalue weighted by molar-refractivity contribution is -0.902. The molecule has 1 N–H and O–H groups in total. The van der Waals surface area contributed by atoms with E-state index in [1.54, 1.807) is 4.90 Å². The van der Waals surface area contributed by atoms with E-state index in [0.717, 1.165) is 23.6 Å². The zero-order valence-corrected chi connectivity index (χ0v) is 13.9. The summed E-state index contributed by atoms with van der Waals surface area (Å²) in [7, 11) is 0. The van der Waals surface area contributed by atoms with Crippen molar-refractivity contribution in [3.8, 4) is 11.1 Å². The standard InChI is InChI=1S/C19H22N2S/c1-2-20-12-14-21(15-13-20)19(22)18-10-8-17(9-11-18)16-6-4-3-5-7-16/h3-11H,2,12-15H2,1H3/p+1. The molecule has 22 heavy (non-hydrogen) atoms. The van der Waals surface area contributed by atoms with Crippen LogP contribution in [0, 0.1) is 0 Å². The van der Waals surface area contributed by atoms with Crippen LogP contribution in [0.2, 0.25) is 0 Å². The summed E-state index contributed by atoms with van der Waals surface area (Å²) < 4.78 is 0. The van der Waals surface area contributed by atoms with Crippen LogP contribution in [0.3, 0.4) is 0 Å². The van der Waals surface area contributed by atoms with Crippen LogP contribution in [0.4, 0.5) is 0 Å². The minimum atomic E-state index is 0.995. The van der Waals surface area contributed by atoms with E-state index in [1.807, 2.05) is 6.07 Å². The third-order valence-corrected chi connectivity index (χ3v) is 4.99. The fraction of sp³-hybridized carbons (Fsp3) is 0.316. The van der Waals surface area contributed by atoms with E-state index in [0.29, 0.717) is 0 Å². The second kappa shape index (κ2) is 7.03. The molecule has 1 aliphatic rings. The Morgan fingerprint density at radius 3 is 2.14 bits per heavy atom. The summed E-state index contributed by atoms with van der Waals surface area (Å²) in [5, 5.41) is 0. The maximum Gasteiger partial charge on any atom is 0.109 e. The molecule has 0 aromatic heterocycles. The van der Waals surface area contributed by atoms with Crippen molar-refractivity contribution in [2.45, 2.75) is 6.92 Å². The molecule has 0 spiro atoms. The molecule has 2 aromatic rings. The van der Waals surface area contributed by atoms with Crippen LogP contribution in [-0.2, 0) is 0 Å². The van der Waals surface area contributed by atoms with Crippen molar-refractivity contribution in [1.29, 1.82) is 0 Å². The number of thiocarbonyl (C=S) groups is 1. The van der Waals surface area contributed by atoms with Crippen molar-refractivity contribution in [2.24, 2.45) is 0 Å². The van der Waals surface area contributed by atoms with Gasteiger partial charge in [0.25, 0.3) is 0 Å². The molecule has 2 nitrogen and oxygen atoms in total. The molecule has 0 aliphatic carbocycles. The molecule has 0 saturated carbocycles. The van der Waals surface area contributed by atoms with E-state index < -0.39 is 0 Å². The summed E-state index contributed by atoms with van der Waals surface area (Å²) in [5.41, 5.74) is 3.65. The van der Waals surface area contributed by atoms with E-state index in [2.05, 4.69) is 60.4 Å². The largest absolute Gasteiger partial charge is 0.351 e. The molecule has 2 aromatic carbocycles. The van der Waals surface area contributed by atoms with Gasteiger partial charge in [0, 0.05) is 5.56 Å². The molecule has 1 saturated heterocycles. The van der Waals surface area contributed by atoms with Gasteiger partial charge in [-0.05, 0) is 18.1 Å². The first kappa shape index (κ1) is 15.2. The molecular formula is C19H23N2S+. The first-order valence-corrected chi connectivity index (χ1v) is 8.47. The second-order valence-corrected chi connectivity index (χ2v) is 6.23. The highest BCUT2D eigenvalue weighted by Crippen LogP contribution is 2.20. The predicted molar refractivity (Wildman–Crippen MR) is 96.4 cm³/mol. The number of quaternary nitrogens is 1. The summed E-state index contributed by atoms with van der Waals surface area (Å²) >= 11 is 5.69. The lowest BCUT2D eigenvalue weighted by atomic mass is 10.0. The zero-order chi connectivity index (χ0) is 15.4. The summed E-state index contributed by atoms with van der Waals surface area (Å²) in [4.78, 5) is 5.03. The number of nitrogens with zero attached hydrogens (tertiary/aromatic N) is 1. The van der Waals surface area contributed by atoms with E-state index in [4.69, 9.17) is 12.2 Å². The lowest BCUT2D eigenvalue weighted by Crippen LogP contribution is -3.14. The van der Waals surface area contributed by atoms with Gasteiger partial charge in [-0.1, -0.05) is 66.8 Å². The first-order chi connectivity index (χ1) is 10.8. The van der Waals surface area contributed by atoms with Crippen molar-refractivity contribution in [1.82, 2.24) is 4.90 Å². The molecule has 0 radical (unpaired) electrons. The summed E-state index contributed by atoms with van der Waals surface area (Å²) in [6.45, 7) is 8.00. The number of nitrogens with one attached hydrogen (secondary N) is 1. The van der Waals surface area contributed by atoms with Gasteiger partial charge in [0.15, 0.2) is 0 Å². The highest BCUT2D eigenvalue weighted by Gasteiger charge is 2.20. The molecule has 0 bridgehead atoms. The van der Waals surface area contributed by atoms with Crippen LogP contribution < -0.4 is 4.90 Å². The molecule has 0 atom stereocenters. The van der Waals surface area contributed by atoms with E-state index >= 15 is 0 Å². The van der Waals surface area contributed by atoms with Gasteiger partial charge in [-0.2, -0.15) is 0 Å². The molecule has 1 fully saturated rings. The van der Waals surface area contributed by atoms with Crippen molar-refractivity contribution in [3.63, 3.8) is 0 Å². The Bertz CT molecular complexity index is 614. The Morgan fingerprint density at radius 1 is 0.955 bits per heavy atom. The Morgan fingerprint density at radius 2 is 1.55 bits per heavy atom. The van der Waals surface area contributed by atoms with Crippen molar-refractivity contribution in [2.75, 3.05) is 32.7 Å². The van der Waals surface area contributed by atoms with Gasteiger partial charge in [0.2, 0.25) is 0 Å². The van der Waals surface area contributed by atoms with Crippen molar-refractivity contribution < 1.29 is 4.90 Å². The van der Waals surface area contributed by atoms with Crippen molar-refractivity contribution in [3.05, 3.63) is 60.2 Å². The third kappa shape index (κ3) is 3.37. The quantitative estimate of drug-likeness (QED) is 0.870. The normalized spacial score (nSPS) is 15.8. The average molecular weight is 311 g/mol. The summed E-state index contributed by atoms with van der Waals surface area (Å²) in [6.07, 6.45) is 0. The van der Waals surface area contributed by atoms with Crippen LogP contribution in [0.5, 0.6) is 0 Å². The molecule has 114 valence electrons. The SMILES string of the molecule is CC[NH+]1CCN(C(=S)c2ccc(-c3ccccc3)cc2)CC1. The maximum atomic E-state index is 5.69. The topological polar surface area (TPSA) is 7.68 Å². The van der Waals surface area contributed by atoms with Gasteiger partial charge < -0.3 is 9.80 Å². The predicted octanol–water partition coefficient (Wildman–Crippen LogP) is 2.25. The van der Waals surface area contributed by atoms with Crippen LogP contribution in [-0.4, -0.2) is 42.6 Å². The second-order valence-electron chi connectivity index (χ2n) is 5.84. The van der Waals surface area contributed by atoms with E-state index in [-0.39, 0.29) is 0 Å². The monoisotopic (exact) mass is 311 g/mol. The van der Waals surface area contributed by atoms with E-state index in [1.165, 1.54) is 30.8 Å². The summed E-state index contributed by atoms with van der Waals surface area (Å²) in [6, 6.07) is 19.1. The first-order valence-electron chi connectivity index (χ1n) is 8.06. The van der Waals surface area contributed by atoms with Crippen molar-refractivity contribution >= 4 is 17.2 Å². The van der Waals surface area contributed by atoms with Crippen LogP contribution >= 0.6 is 12.2 Å². The van der Waals surface area contributed by atoms with Crippen LogP contribution in [0.1, 0.15) is 12.5 Å². The number of hydrogen-bond donors (Lipinski definition) is 1. The van der Waals surface area contributed by atoms with Gasteiger partial charge in [-0.15, -0.1) is 0 Å². The molecule has 0 unspecified atom stereocenters. The molecule has 1 heterocycles. The Kier molecular flexibility index (Phi) is 4.86. The van der Waals surface area contributed by atoms with Gasteiger partial charge in [0.1, 0.15) is 4.99 Å². The fourth-order valence-electron chi connectivity index (χ4n) is 3.00. The van der Waals surface area contributed by atoms with Crippen LogP contribution in [0.15, 0.2) is 54.6 Å². The highest BCUT2D eigenvalue weighted by molar-refractivity contribution is 7.80. The average Bonchev–Trinajstić information content (AvgIpc) is 2.62. The molecular weight excluding hydrogens is 288 g/mol. The lowest BCUT2D eigenvalue weighted by Gasteiger charge is -2.33. The van der Waals surface area contributed by atoms with Crippen LogP contribution in [0.25, 0.3) is 11.1 Å². The number of rotatable bonds is 3. The number of piperazine rings is 1. The maximum absolute atomic E-state index is 5.69. The molecule has 0 amide bonds. The molecule has 1 aliphatic heterocycles. The summed E-state index contributed by atoms with van der Waals surface area (Å²) in [5.74, 6) is 0. The number of hydrogen-bond acceptors (Lipinski definition) is 1. The van der Waals surface area contributed by atoms with Gasteiger partial charge in [-0.3, -0.25) is 0 Å². The molecule has 3 heteroatoms. The number of likely N-dealkylation sites (N-methyl/N-ethyl adjacent to an activating group) is 1. The van der Waals surface area contributed by atoms with E-state index in [9.17, 15) is 0 Å². The third-order valence-electron chi connectivity index (χ3n) is 4.50. The smallest absolute Gasteiger partial charge is 0.109 e. The Labute approximate surface area is 138 Å². The Balaban J connectivity index is 1.69. The Hall–Kier alpha value is -1.71. The minimum Gasteiger partial charge on any atom is -0.351 e.